The molecule has 4 aromatic rings. The van der Waals surface area contributed by atoms with Crippen molar-refractivity contribution >= 4 is 33.8 Å². The summed E-state index contributed by atoms with van der Waals surface area (Å²) in [4.78, 5) is 8.45. The molecule has 108 valence electrons. The van der Waals surface area contributed by atoms with Gasteiger partial charge in [-0.15, -0.1) is 0 Å². The monoisotopic (exact) mass is 308 g/mol. The SMILES string of the molecule is Cc1cn2ccnc2cc1-c1cc(Cl)c2cnc(N)cc2c1. The summed E-state index contributed by atoms with van der Waals surface area (Å²) in [6.45, 7) is 2.08. The molecule has 0 saturated heterocycles. The van der Waals surface area contributed by atoms with E-state index in [0.717, 1.165) is 33.1 Å². The van der Waals surface area contributed by atoms with E-state index in [1.165, 1.54) is 0 Å². The maximum absolute atomic E-state index is 6.41. The molecule has 0 bridgehead atoms. The molecule has 0 unspecified atom stereocenters. The Morgan fingerprint density at radius 1 is 1.14 bits per heavy atom. The van der Waals surface area contributed by atoms with Gasteiger partial charge < -0.3 is 10.1 Å². The number of fused-ring (bicyclic) bond motifs is 2. The molecule has 0 atom stereocenters. The number of nitrogens with zero attached hydrogens (tertiary/aromatic N) is 3. The molecule has 3 aromatic heterocycles. The van der Waals surface area contributed by atoms with Gasteiger partial charge in [-0.25, -0.2) is 9.97 Å². The molecule has 4 rings (SSSR count). The molecule has 5 heteroatoms. The van der Waals surface area contributed by atoms with Gasteiger partial charge in [0.2, 0.25) is 0 Å². The predicted molar refractivity (Wildman–Crippen MR) is 90.1 cm³/mol. The minimum Gasteiger partial charge on any atom is -0.384 e. The molecule has 0 aliphatic heterocycles. The average molecular weight is 309 g/mol. The van der Waals surface area contributed by atoms with Gasteiger partial charge in [0.25, 0.3) is 0 Å². The third-order valence-corrected chi connectivity index (χ3v) is 4.16. The quantitative estimate of drug-likeness (QED) is 0.576. The second-order valence-electron chi connectivity index (χ2n) is 5.35. The summed E-state index contributed by atoms with van der Waals surface area (Å²) in [5.41, 5.74) is 10.0. The minimum absolute atomic E-state index is 0.487. The van der Waals surface area contributed by atoms with Gasteiger partial charge >= 0.3 is 0 Å². The number of benzene rings is 1. The molecular weight excluding hydrogens is 296 g/mol. The molecule has 0 aliphatic rings. The molecule has 4 nitrogen and oxygen atoms in total. The molecule has 0 saturated carbocycles. The van der Waals surface area contributed by atoms with Crippen molar-refractivity contribution in [3.05, 3.63) is 59.6 Å². The van der Waals surface area contributed by atoms with Gasteiger partial charge in [-0.2, -0.15) is 0 Å². The van der Waals surface area contributed by atoms with Gasteiger partial charge in [0, 0.05) is 30.2 Å². The summed E-state index contributed by atoms with van der Waals surface area (Å²) in [5.74, 6) is 0.487. The topological polar surface area (TPSA) is 56.2 Å². The van der Waals surface area contributed by atoms with Crippen molar-refractivity contribution < 1.29 is 0 Å². The lowest BCUT2D eigenvalue weighted by atomic mass is 9.99. The zero-order valence-corrected chi connectivity index (χ0v) is 12.7. The van der Waals surface area contributed by atoms with Crippen LogP contribution in [0.1, 0.15) is 5.56 Å². The fourth-order valence-electron chi connectivity index (χ4n) is 2.76. The van der Waals surface area contributed by atoms with Crippen LogP contribution >= 0.6 is 11.6 Å². The van der Waals surface area contributed by atoms with Crippen LogP contribution in [-0.2, 0) is 0 Å². The standard InChI is InChI=1S/C17H13ClN4/c1-10-9-22-3-2-20-17(22)7-13(10)11-4-12-6-16(19)21-8-14(12)15(18)5-11/h2-9H,1H3,(H2,19,21). The molecule has 0 spiro atoms. The summed E-state index contributed by atoms with van der Waals surface area (Å²) < 4.78 is 2.00. The van der Waals surface area contributed by atoms with E-state index in [0.29, 0.717) is 10.8 Å². The van der Waals surface area contributed by atoms with E-state index in [1.54, 1.807) is 12.4 Å². The fourth-order valence-corrected chi connectivity index (χ4v) is 3.04. The van der Waals surface area contributed by atoms with Gasteiger partial charge in [-0.1, -0.05) is 11.6 Å². The van der Waals surface area contributed by atoms with Gasteiger partial charge in [0.1, 0.15) is 11.5 Å². The first-order valence-corrected chi connectivity index (χ1v) is 7.28. The van der Waals surface area contributed by atoms with Crippen molar-refractivity contribution in [1.82, 2.24) is 14.4 Å². The van der Waals surface area contributed by atoms with Crippen LogP contribution in [0.25, 0.3) is 27.5 Å². The van der Waals surface area contributed by atoms with Crippen LogP contribution in [-0.4, -0.2) is 14.4 Å². The lowest BCUT2D eigenvalue weighted by Gasteiger charge is -2.10. The number of halogens is 1. The number of imidazole rings is 1. The maximum atomic E-state index is 6.41. The second-order valence-corrected chi connectivity index (χ2v) is 5.76. The van der Waals surface area contributed by atoms with Crippen LogP contribution < -0.4 is 5.73 Å². The fraction of sp³-hybridized carbons (Fsp3) is 0.0588. The van der Waals surface area contributed by atoms with Crippen molar-refractivity contribution in [2.75, 3.05) is 5.73 Å². The number of aromatic nitrogens is 3. The van der Waals surface area contributed by atoms with Gasteiger partial charge in [0.05, 0.1) is 5.02 Å². The van der Waals surface area contributed by atoms with Crippen molar-refractivity contribution in [2.24, 2.45) is 0 Å². The Hall–Kier alpha value is -2.59. The van der Waals surface area contributed by atoms with E-state index in [1.807, 2.05) is 22.7 Å². The Labute approximate surface area is 132 Å². The highest BCUT2D eigenvalue weighted by Crippen LogP contribution is 2.33. The Morgan fingerprint density at radius 2 is 2.00 bits per heavy atom. The van der Waals surface area contributed by atoms with E-state index in [9.17, 15) is 0 Å². The van der Waals surface area contributed by atoms with Crippen LogP contribution in [0.3, 0.4) is 0 Å². The number of hydrogen-bond donors (Lipinski definition) is 1. The number of anilines is 1. The molecular formula is C17H13ClN4. The van der Waals surface area contributed by atoms with E-state index < -0.39 is 0 Å². The number of pyridine rings is 2. The lowest BCUT2D eigenvalue weighted by molar-refractivity contribution is 1.16. The molecule has 0 radical (unpaired) electrons. The summed E-state index contributed by atoms with van der Waals surface area (Å²) in [7, 11) is 0. The van der Waals surface area contributed by atoms with Crippen molar-refractivity contribution in [3.8, 4) is 11.1 Å². The van der Waals surface area contributed by atoms with Crippen LogP contribution in [0.4, 0.5) is 5.82 Å². The van der Waals surface area contributed by atoms with Crippen LogP contribution in [0.15, 0.2) is 49.1 Å². The highest BCUT2D eigenvalue weighted by Gasteiger charge is 2.09. The molecule has 0 amide bonds. The number of nitrogens with two attached hydrogens (primary N) is 1. The Bertz CT molecular complexity index is 1020. The molecule has 0 aliphatic carbocycles. The highest BCUT2D eigenvalue weighted by atomic mass is 35.5. The van der Waals surface area contributed by atoms with E-state index >= 15 is 0 Å². The second kappa shape index (κ2) is 4.71. The molecule has 22 heavy (non-hydrogen) atoms. The Kier molecular flexibility index (Phi) is 2.81. The summed E-state index contributed by atoms with van der Waals surface area (Å²) in [6, 6.07) is 7.95. The van der Waals surface area contributed by atoms with Gasteiger partial charge in [-0.05, 0) is 53.3 Å². The number of nitrogen functional groups attached to an aromatic ring is 1. The normalized spacial score (nSPS) is 11.4. The predicted octanol–water partition coefficient (Wildman–Crippen LogP) is 4.09. The van der Waals surface area contributed by atoms with Crippen LogP contribution in [0.2, 0.25) is 5.02 Å². The van der Waals surface area contributed by atoms with Gasteiger partial charge in [0.15, 0.2) is 0 Å². The summed E-state index contributed by atoms with van der Waals surface area (Å²) in [5, 5.41) is 2.55. The first-order chi connectivity index (χ1) is 10.6. The summed E-state index contributed by atoms with van der Waals surface area (Å²) in [6.07, 6.45) is 7.50. The van der Waals surface area contributed by atoms with Crippen LogP contribution in [0.5, 0.6) is 0 Å². The first-order valence-electron chi connectivity index (χ1n) is 6.90. The van der Waals surface area contributed by atoms with Crippen molar-refractivity contribution in [1.29, 1.82) is 0 Å². The number of hydrogen-bond acceptors (Lipinski definition) is 3. The third kappa shape index (κ3) is 2.00. The first kappa shape index (κ1) is 13.1. The minimum atomic E-state index is 0.487. The molecule has 2 N–H and O–H groups in total. The van der Waals surface area contributed by atoms with E-state index in [2.05, 4.69) is 35.2 Å². The summed E-state index contributed by atoms with van der Waals surface area (Å²) >= 11 is 6.41. The average Bonchev–Trinajstić information content (AvgIpc) is 2.92. The Morgan fingerprint density at radius 3 is 2.86 bits per heavy atom. The number of rotatable bonds is 1. The zero-order chi connectivity index (χ0) is 15.3. The maximum Gasteiger partial charge on any atom is 0.137 e. The largest absolute Gasteiger partial charge is 0.384 e. The molecule has 3 heterocycles. The van der Waals surface area contributed by atoms with Crippen molar-refractivity contribution in [2.45, 2.75) is 6.92 Å². The van der Waals surface area contributed by atoms with Crippen molar-refractivity contribution in [3.63, 3.8) is 0 Å². The zero-order valence-electron chi connectivity index (χ0n) is 11.9. The lowest BCUT2D eigenvalue weighted by Crippen LogP contribution is -1.92. The molecule has 1 aromatic carbocycles. The van der Waals surface area contributed by atoms with E-state index in [-0.39, 0.29) is 0 Å². The third-order valence-electron chi connectivity index (χ3n) is 3.85. The Balaban J connectivity index is 2.00. The van der Waals surface area contributed by atoms with E-state index in [4.69, 9.17) is 17.3 Å². The smallest absolute Gasteiger partial charge is 0.137 e. The molecule has 0 fully saturated rings. The van der Waals surface area contributed by atoms with Crippen LogP contribution in [0, 0.1) is 6.92 Å². The highest BCUT2D eigenvalue weighted by molar-refractivity contribution is 6.36. The number of aryl methyl sites for hydroxylation is 1. The van der Waals surface area contributed by atoms with Gasteiger partial charge in [-0.3, -0.25) is 0 Å².